The largest absolute Gasteiger partial charge is 0.354 e. The van der Waals surface area contributed by atoms with Gasteiger partial charge in [-0.05, 0) is 5.92 Å². The highest BCUT2D eigenvalue weighted by molar-refractivity contribution is 7.07. The zero-order valence-electron chi connectivity index (χ0n) is 9.77. The molecule has 2 atom stereocenters. The van der Waals surface area contributed by atoms with Gasteiger partial charge in [0, 0.05) is 18.3 Å². The number of nitrogens with two attached hydrogens (primary N) is 1. The second kappa shape index (κ2) is 6.60. The van der Waals surface area contributed by atoms with Crippen molar-refractivity contribution < 1.29 is 4.79 Å². The molecule has 1 amide bonds. The third-order valence-corrected chi connectivity index (χ3v) is 3.36. The fourth-order valence-electron chi connectivity index (χ4n) is 1.30. The van der Waals surface area contributed by atoms with E-state index in [1.165, 1.54) is 0 Å². The highest BCUT2D eigenvalue weighted by Crippen LogP contribution is 2.05. The molecule has 1 aromatic rings. The number of hydrogen-bond donors (Lipinski definition) is 2. The first-order valence-corrected chi connectivity index (χ1v) is 6.49. The summed E-state index contributed by atoms with van der Waals surface area (Å²) in [7, 11) is 0. The maximum absolute atomic E-state index is 11.6. The van der Waals surface area contributed by atoms with Crippen molar-refractivity contribution in [2.75, 3.05) is 6.54 Å². The molecule has 4 nitrogen and oxygen atoms in total. The molecule has 1 aromatic heterocycles. The second-order valence-corrected chi connectivity index (χ2v) is 4.65. The standard InChI is InChI=1S/C11H19N3OS/c1-3-8(2)10(12)11(15)13-5-4-9-6-16-7-14-9/h6-8,10H,3-5,12H2,1-2H3,(H,13,15). The SMILES string of the molecule is CCC(C)C(N)C(=O)NCCc1cscn1. The molecule has 0 radical (unpaired) electrons. The Morgan fingerprint density at radius 2 is 2.44 bits per heavy atom. The number of amides is 1. The average Bonchev–Trinajstić information content (AvgIpc) is 2.79. The Morgan fingerprint density at radius 3 is 3.00 bits per heavy atom. The molecule has 3 N–H and O–H groups in total. The van der Waals surface area contributed by atoms with Crippen molar-refractivity contribution in [2.45, 2.75) is 32.7 Å². The molecule has 0 spiro atoms. The zero-order valence-corrected chi connectivity index (χ0v) is 10.6. The lowest BCUT2D eigenvalue weighted by Crippen LogP contribution is -2.45. The predicted octanol–water partition coefficient (Wildman–Crippen LogP) is 1.18. The summed E-state index contributed by atoms with van der Waals surface area (Å²) < 4.78 is 0. The molecular weight excluding hydrogens is 222 g/mol. The Kier molecular flexibility index (Phi) is 5.42. The highest BCUT2D eigenvalue weighted by Gasteiger charge is 2.18. The van der Waals surface area contributed by atoms with Crippen molar-refractivity contribution in [3.05, 3.63) is 16.6 Å². The Balaban J connectivity index is 2.24. The molecule has 0 aliphatic heterocycles. The molecule has 0 aliphatic carbocycles. The van der Waals surface area contributed by atoms with Gasteiger partial charge >= 0.3 is 0 Å². The molecule has 0 fully saturated rings. The topological polar surface area (TPSA) is 68.0 Å². The minimum atomic E-state index is -0.402. The van der Waals surface area contributed by atoms with Crippen LogP contribution in [0.2, 0.25) is 0 Å². The molecule has 0 bridgehead atoms. The van der Waals surface area contributed by atoms with E-state index in [1.807, 2.05) is 19.2 Å². The van der Waals surface area contributed by atoms with Crippen molar-refractivity contribution in [2.24, 2.45) is 11.7 Å². The van der Waals surface area contributed by atoms with Crippen LogP contribution in [-0.2, 0) is 11.2 Å². The van der Waals surface area contributed by atoms with E-state index < -0.39 is 6.04 Å². The van der Waals surface area contributed by atoms with Crippen molar-refractivity contribution in [1.29, 1.82) is 0 Å². The van der Waals surface area contributed by atoms with Gasteiger partial charge in [0.15, 0.2) is 0 Å². The number of carbonyl (C=O) groups is 1. The van der Waals surface area contributed by atoms with E-state index in [9.17, 15) is 4.79 Å². The monoisotopic (exact) mass is 241 g/mol. The van der Waals surface area contributed by atoms with Crippen LogP contribution in [0.4, 0.5) is 0 Å². The van der Waals surface area contributed by atoms with Crippen LogP contribution in [-0.4, -0.2) is 23.5 Å². The summed E-state index contributed by atoms with van der Waals surface area (Å²) in [5, 5.41) is 4.82. The summed E-state index contributed by atoms with van der Waals surface area (Å²) in [5.74, 6) is 0.156. The Morgan fingerprint density at radius 1 is 1.69 bits per heavy atom. The van der Waals surface area contributed by atoms with E-state index in [0.717, 1.165) is 18.5 Å². The summed E-state index contributed by atoms with van der Waals surface area (Å²) in [6.07, 6.45) is 1.68. The van der Waals surface area contributed by atoms with Gasteiger partial charge in [-0.1, -0.05) is 20.3 Å². The Hall–Kier alpha value is -0.940. The van der Waals surface area contributed by atoms with Crippen LogP contribution in [0.25, 0.3) is 0 Å². The van der Waals surface area contributed by atoms with Crippen LogP contribution in [0.1, 0.15) is 26.0 Å². The summed E-state index contributed by atoms with van der Waals surface area (Å²) in [6, 6.07) is -0.402. The molecule has 1 rings (SSSR count). The van der Waals surface area contributed by atoms with Gasteiger partial charge in [-0.15, -0.1) is 11.3 Å². The van der Waals surface area contributed by atoms with Crippen molar-refractivity contribution in [3.63, 3.8) is 0 Å². The second-order valence-electron chi connectivity index (χ2n) is 3.93. The highest BCUT2D eigenvalue weighted by atomic mass is 32.1. The summed E-state index contributed by atoms with van der Waals surface area (Å²) in [6.45, 7) is 4.63. The van der Waals surface area contributed by atoms with Crippen molar-refractivity contribution >= 4 is 17.2 Å². The average molecular weight is 241 g/mol. The quantitative estimate of drug-likeness (QED) is 0.785. The van der Waals surface area contributed by atoms with E-state index in [-0.39, 0.29) is 11.8 Å². The van der Waals surface area contributed by atoms with Crippen molar-refractivity contribution in [1.82, 2.24) is 10.3 Å². The number of carbonyl (C=O) groups excluding carboxylic acids is 1. The number of aromatic nitrogens is 1. The van der Waals surface area contributed by atoms with Crippen LogP contribution >= 0.6 is 11.3 Å². The fraction of sp³-hybridized carbons (Fsp3) is 0.636. The van der Waals surface area contributed by atoms with Gasteiger partial charge in [-0.2, -0.15) is 0 Å². The normalized spacial score (nSPS) is 14.4. The number of thiazole rings is 1. The van der Waals surface area contributed by atoms with Gasteiger partial charge < -0.3 is 11.1 Å². The van der Waals surface area contributed by atoms with Gasteiger partial charge in [0.25, 0.3) is 0 Å². The molecule has 0 saturated carbocycles. The van der Waals surface area contributed by atoms with Crippen LogP contribution in [0.15, 0.2) is 10.9 Å². The minimum absolute atomic E-state index is 0.0652. The number of nitrogens with zero attached hydrogens (tertiary/aromatic N) is 1. The lowest BCUT2D eigenvalue weighted by Gasteiger charge is -2.17. The van der Waals surface area contributed by atoms with Gasteiger partial charge in [-0.3, -0.25) is 4.79 Å². The molecule has 1 heterocycles. The number of rotatable bonds is 6. The molecule has 16 heavy (non-hydrogen) atoms. The van der Waals surface area contributed by atoms with Crippen LogP contribution < -0.4 is 11.1 Å². The van der Waals surface area contributed by atoms with Gasteiger partial charge in [-0.25, -0.2) is 4.98 Å². The van der Waals surface area contributed by atoms with E-state index in [2.05, 4.69) is 10.3 Å². The van der Waals surface area contributed by atoms with Gasteiger partial charge in [0.05, 0.1) is 17.2 Å². The maximum atomic E-state index is 11.6. The Bertz CT molecular complexity index is 313. The molecule has 0 aromatic carbocycles. The third-order valence-electron chi connectivity index (χ3n) is 2.72. The molecule has 0 aliphatic rings. The van der Waals surface area contributed by atoms with Gasteiger partial charge in [0.1, 0.15) is 0 Å². The number of hydrogen-bond acceptors (Lipinski definition) is 4. The molecule has 2 unspecified atom stereocenters. The fourth-order valence-corrected chi connectivity index (χ4v) is 1.90. The zero-order chi connectivity index (χ0) is 12.0. The van der Waals surface area contributed by atoms with Crippen molar-refractivity contribution in [3.8, 4) is 0 Å². The predicted molar refractivity (Wildman–Crippen MR) is 66.3 cm³/mol. The smallest absolute Gasteiger partial charge is 0.237 e. The lowest BCUT2D eigenvalue weighted by molar-refractivity contribution is -0.123. The Labute approximate surface area is 100 Å². The third kappa shape index (κ3) is 3.90. The van der Waals surface area contributed by atoms with E-state index in [1.54, 1.807) is 16.8 Å². The maximum Gasteiger partial charge on any atom is 0.237 e. The minimum Gasteiger partial charge on any atom is -0.354 e. The molecule has 0 saturated heterocycles. The molecule has 5 heteroatoms. The first kappa shape index (κ1) is 13.1. The van der Waals surface area contributed by atoms with E-state index in [4.69, 9.17) is 5.73 Å². The molecule has 90 valence electrons. The van der Waals surface area contributed by atoms with Crippen LogP contribution in [0, 0.1) is 5.92 Å². The first-order valence-electron chi connectivity index (χ1n) is 5.55. The van der Waals surface area contributed by atoms with Crippen LogP contribution in [0.5, 0.6) is 0 Å². The van der Waals surface area contributed by atoms with Gasteiger partial charge in [0.2, 0.25) is 5.91 Å². The summed E-state index contributed by atoms with van der Waals surface area (Å²) in [4.78, 5) is 15.8. The summed E-state index contributed by atoms with van der Waals surface area (Å²) >= 11 is 1.56. The summed E-state index contributed by atoms with van der Waals surface area (Å²) in [5.41, 5.74) is 8.61. The van der Waals surface area contributed by atoms with E-state index in [0.29, 0.717) is 6.54 Å². The molecular formula is C11H19N3OS. The van der Waals surface area contributed by atoms with E-state index >= 15 is 0 Å². The lowest BCUT2D eigenvalue weighted by atomic mass is 9.99. The number of nitrogens with one attached hydrogen (secondary N) is 1. The van der Waals surface area contributed by atoms with Crippen LogP contribution in [0.3, 0.4) is 0 Å². The first-order chi connectivity index (χ1) is 7.65.